The molecule has 4 rings (SSSR count). The number of rotatable bonds is 9. The predicted octanol–water partition coefficient (Wildman–Crippen LogP) is 2.76. The van der Waals surface area contributed by atoms with Gasteiger partial charge >= 0.3 is 0 Å². The molecule has 176 valence electrons. The van der Waals surface area contributed by atoms with Gasteiger partial charge in [-0.1, -0.05) is 48.0 Å². The van der Waals surface area contributed by atoms with Crippen molar-refractivity contribution in [1.29, 1.82) is 0 Å². The number of aryl methyl sites for hydroxylation is 1. The summed E-state index contributed by atoms with van der Waals surface area (Å²) in [6.07, 6.45) is 2.47. The molecule has 8 heteroatoms. The highest BCUT2D eigenvalue weighted by Crippen LogP contribution is 2.28. The number of benzene rings is 2. The largest absolute Gasteiger partial charge is 0.379 e. The summed E-state index contributed by atoms with van der Waals surface area (Å²) < 4.78 is 33.6. The monoisotopic (exact) mass is 469 g/mol. The Morgan fingerprint density at radius 1 is 1.06 bits per heavy atom. The van der Waals surface area contributed by atoms with Crippen LogP contribution < -0.4 is 5.32 Å². The van der Waals surface area contributed by atoms with Gasteiger partial charge in [0.2, 0.25) is 5.91 Å². The van der Waals surface area contributed by atoms with Crippen LogP contribution in [0, 0.1) is 6.92 Å². The molecule has 7 nitrogen and oxygen atoms in total. The number of carbonyl (C=O) groups excluding carboxylic acids is 1. The van der Waals surface area contributed by atoms with Crippen molar-refractivity contribution in [2.75, 3.05) is 39.4 Å². The molecule has 1 N–H and O–H groups in total. The van der Waals surface area contributed by atoms with Crippen LogP contribution in [0.15, 0.2) is 59.6 Å². The first kappa shape index (κ1) is 23.5. The van der Waals surface area contributed by atoms with Crippen LogP contribution >= 0.6 is 0 Å². The quantitative estimate of drug-likeness (QED) is 0.488. The highest BCUT2D eigenvalue weighted by molar-refractivity contribution is 7.90. The van der Waals surface area contributed by atoms with Gasteiger partial charge in [-0.25, -0.2) is 8.42 Å². The van der Waals surface area contributed by atoms with Crippen molar-refractivity contribution in [3.8, 4) is 0 Å². The third-order valence-electron chi connectivity index (χ3n) is 5.96. The standard InChI is InChI=1S/C25H31N3O4S/c1-20-7-9-21(10-8-20)19-33(30,31)24-17-28(23-6-3-2-5-22(23)24)18-25(29)26-11-4-12-27-13-15-32-16-14-27/h2-3,5-10,17H,4,11-16,18-19H2,1H3,(H,26,29). The number of para-hydroxylation sites is 1. The van der Waals surface area contributed by atoms with Crippen LogP contribution in [-0.2, 0) is 31.7 Å². The molecule has 0 aliphatic carbocycles. The van der Waals surface area contributed by atoms with Gasteiger partial charge in [0.25, 0.3) is 0 Å². The Bertz CT molecular complexity index is 1200. The Kier molecular flexibility index (Phi) is 7.47. The van der Waals surface area contributed by atoms with Crippen LogP contribution in [0.5, 0.6) is 0 Å². The SMILES string of the molecule is Cc1ccc(CS(=O)(=O)c2cn(CC(=O)NCCCN3CCOCC3)c3ccccc23)cc1. The summed E-state index contributed by atoms with van der Waals surface area (Å²) >= 11 is 0. The van der Waals surface area contributed by atoms with E-state index in [1.165, 1.54) is 0 Å². The lowest BCUT2D eigenvalue weighted by atomic mass is 10.2. The minimum absolute atomic E-state index is 0.0744. The van der Waals surface area contributed by atoms with Crippen LogP contribution in [0.1, 0.15) is 17.5 Å². The van der Waals surface area contributed by atoms with Crippen molar-refractivity contribution in [2.45, 2.75) is 30.5 Å². The van der Waals surface area contributed by atoms with Crippen LogP contribution in [-0.4, -0.2) is 63.2 Å². The lowest BCUT2D eigenvalue weighted by Gasteiger charge is -2.26. The minimum Gasteiger partial charge on any atom is -0.379 e. The Labute approximate surface area is 195 Å². The summed E-state index contributed by atoms with van der Waals surface area (Å²) in [7, 11) is -3.57. The number of sulfone groups is 1. The smallest absolute Gasteiger partial charge is 0.239 e. The number of aromatic nitrogens is 1. The first-order chi connectivity index (χ1) is 15.9. The number of carbonyl (C=O) groups is 1. The Balaban J connectivity index is 1.43. The number of hydrogen-bond acceptors (Lipinski definition) is 5. The number of nitrogens with one attached hydrogen (secondary N) is 1. The Morgan fingerprint density at radius 3 is 2.55 bits per heavy atom. The van der Waals surface area contributed by atoms with E-state index in [2.05, 4.69) is 10.2 Å². The maximum absolute atomic E-state index is 13.2. The van der Waals surface area contributed by atoms with Crippen molar-refractivity contribution < 1.29 is 17.9 Å². The summed E-state index contributed by atoms with van der Waals surface area (Å²) in [4.78, 5) is 15.2. The first-order valence-corrected chi connectivity index (χ1v) is 13.0. The van der Waals surface area contributed by atoms with E-state index < -0.39 is 9.84 Å². The second kappa shape index (κ2) is 10.5. The summed E-state index contributed by atoms with van der Waals surface area (Å²) in [5.74, 6) is -0.199. The lowest BCUT2D eigenvalue weighted by Crippen LogP contribution is -2.38. The molecule has 33 heavy (non-hydrogen) atoms. The number of nitrogens with zero attached hydrogens (tertiary/aromatic N) is 2. The molecule has 1 amide bonds. The maximum atomic E-state index is 13.2. The molecule has 0 atom stereocenters. The van der Waals surface area contributed by atoms with Gasteiger partial charge in [-0.2, -0.15) is 0 Å². The molecule has 1 fully saturated rings. The van der Waals surface area contributed by atoms with Gasteiger partial charge in [0.05, 0.1) is 23.9 Å². The molecule has 3 aromatic rings. The first-order valence-electron chi connectivity index (χ1n) is 11.4. The van der Waals surface area contributed by atoms with E-state index in [9.17, 15) is 13.2 Å². The molecule has 2 heterocycles. The number of amides is 1. The molecule has 0 bridgehead atoms. The second-order valence-electron chi connectivity index (χ2n) is 8.54. The number of morpholine rings is 1. The van der Waals surface area contributed by atoms with Crippen molar-refractivity contribution in [3.63, 3.8) is 0 Å². The van der Waals surface area contributed by atoms with Gasteiger partial charge in [-0.05, 0) is 31.5 Å². The van der Waals surface area contributed by atoms with Crippen molar-refractivity contribution in [3.05, 3.63) is 65.9 Å². The molecule has 0 spiro atoms. The normalized spacial score (nSPS) is 15.1. The zero-order valence-electron chi connectivity index (χ0n) is 19.0. The molecule has 1 aliphatic heterocycles. The van der Waals surface area contributed by atoms with Crippen molar-refractivity contribution in [1.82, 2.24) is 14.8 Å². The molecular weight excluding hydrogens is 438 g/mol. The van der Waals surface area contributed by atoms with Crippen molar-refractivity contribution in [2.24, 2.45) is 0 Å². The number of fused-ring (bicyclic) bond motifs is 1. The molecule has 0 radical (unpaired) electrons. The van der Waals surface area contributed by atoms with Crippen LogP contribution in [0.25, 0.3) is 10.9 Å². The number of hydrogen-bond donors (Lipinski definition) is 1. The highest BCUT2D eigenvalue weighted by Gasteiger charge is 2.22. The molecule has 0 saturated carbocycles. The van der Waals surface area contributed by atoms with Crippen molar-refractivity contribution >= 4 is 26.6 Å². The van der Waals surface area contributed by atoms with E-state index in [4.69, 9.17) is 4.74 Å². The van der Waals surface area contributed by atoms with Gasteiger partial charge in [-0.3, -0.25) is 9.69 Å². The van der Waals surface area contributed by atoms with Gasteiger partial charge in [0.1, 0.15) is 6.54 Å². The zero-order chi connectivity index (χ0) is 23.3. The van der Waals surface area contributed by atoms with E-state index >= 15 is 0 Å². The van der Waals surface area contributed by atoms with Gasteiger partial charge < -0.3 is 14.6 Å². The molecule has 1 aromatic heterocycles. The van der Waals surface area contributed by atoms with Gasteiger partial charge in [-0.15, -0.1) is 0 Å². The highest BCUT2D eigenvalue weighted by atomic mass is 32.2. The fourth-order valence-corrected chi connectivity index (χ4v) is 5.72. The summed E-state index contributed by atoms with van der Waals surface area (Å²) in [6.45, 7) is 6.97. The van der Waals surface area contributed by atoms with E-state index in [0.29, 0.717) is 11.9 Å². The Morgan fingerprint density at radius 2 is 1.79 bits per heavy atom. The van der Waals surface area contributed by atoms with E-state index in [-0.39, 0.29) is 23.1 Å². The average molecular weight is 470 g/mol. The number of ether oxygens (including phenoxy) is 1. The van der Waals surface area contributed by atoms with E-state index in [1.54, 1.807) is 16.8 Å². The zero-order valence-corrected chi connectivity index (χ0v) is 19.8. The molecule has 2 aromatic carbocycles. The summed E-state index contributed by atoms with van der Waals surface area (Å²) in [5, 5.41) is 3.60. The molecular formula is C25H31N3O4S. The second-order valence-corrected chi connectivity index (χ2v) is 10.5. The third-order valence-corrected chi connectivity index (χ3v) is 7.66. The van der Waals surface area contributed by atoms with Crippen LogP contribution in [0.4, 0.5) is 0 Å². The third kappa shape index (κ3) is 6.01. The molecule has 1 saturated heterocycles. The fraction of sp³-hybridized carbons (Fsp3) is 0.400. The van der Waals surface area contributed by atoms with Crippen LogP contribution in [0.2, 0.25) is 0 Å². The molecule has 0 unspecified atom stereocenters. The predicted molar refractivity (Wildman–Crippen MR) is 129 cm³/mol. The summed E-state index contributed by atoms with van der Waals surface area (Å²) in [5.41, 5.74) is 2.57. The van der Waals surface area contributed by atoms with E-state index in [1.807, 2.05) is 49.4 Å². The van der Waals surface area contributed by atoms with Gasteiger partial charge in [0.15, 0.2) is 9.84 Å². The van der Waals surface area contributed by atoms with Crippen LogP contribution in [0.3, 0.4) is 0 Å². The Hall–Kier alpha value is -2.68. The maximum Gasteiger partial charge on any atom is 0.239 e. The average Bonchev–Trinajstić information content (AvgIpc) is 3.18. The topological polar surface area (TPSA) is 80.6 Å². The fourth-order valence-electron chi connectivity index (χ4n) is 4.14. The lowest BCUT2D eigenvalue weighted by molar-refractivity contribution is -0.121. The van der Waals surface area contributed by atoms with E-state index in [0.717, 1.165) is 55.9 Å². The minimum atomic E-state index is -3.57. The molecule has 1 aliphatic rings. The summed E-state index contributed by atoms with van der Waals surface area (Å²) in [6, 6.07) is 14.8. The van der Waals surface area contributed by atoms with Gasteiger partial charge in [0, 0.05) is 36.7 Å².